The molecule has 0 radical (unpaired) electrons. The topological polar surface area (TPSA) is 37.3 Å². The van der Waals surface area contributed by atoms with Crippen molar-refractivity contribution in [2.75, 3.05) is 0 Å². The number of allylic oxidation sites excluding steroid dienone is 1. The molecule has 1 rings (SSSR count). The summed E-state index contributed by atoms with van der Waals surface area (Å²) in [7, 11) is 0. The van der Waals surface area contributed by atoms with E-state index in [0.29, 0.717) is 0 Å². The molecule has 0 spiro atoms. The Balaban J connectivity index is 2.62. The van der Waals surface area contributed by atoms with Gasteiger partial charge in [-0.1, -0.05) is 49.4 Å². The molecule has 0 aliphatic rings. The van der Waals surface area contributed by atoms with E-state index in [4.69, 9.17) is 5.11 Å². The minimum atomic E-state index is -1.84. The molecule has 15 heavy (non-hydrogen) atoms. The summed E-state index contributed by atoms with van der Waals surface area (Å²) in [6, 6.07) is 9.37. The van der Waals surface area contributed by atoms with Crippen molar-refractivity contribution in [3.8, 4) is 0 Å². The zero-order valence-corrected chi connectivity index (χ0v) is 8.43. The number of benzene rings is 1. The second kappa shape index (κ2) is 5.29. The van der Waals surface area contributed by atoms with Gasteiger partial charge in [0.05, 0.1) is 0 Å². The molecule has 0 bridgehead atoms. The minimum Gasteiger partial charge on any atom is -0.479 e. The summed E-state index contributed by atoms with van der Waals surface area (Å²) >= 11 is 0. The SMILES string of the molecule is C[C@@H](/C=C/c1ccccc1)[C@H](F)C(=O)O. The molecule has 2 atom stereocenters. The Morgan fingerprint density at radius 3 is 2.53 bits per heavy atom. The first kappa shape index (κ1) is 11.4. The molecule has 1 aromatic carbocycles. The third-order valence-corrected chi connectivity index (χ3v) is 2.09. The van der Waals surface area contributed by atoms with Gasteiger partial charge in [-0.25, -0.2) is 9.18 Å². The second-order valence-corrected chi connectivity index (χ2v) is 3.37. The summed E-state index contributed by atoms with van der Waals surface area (Å²) in [5.41, 5.74) is 0.932. The van der Waals surface area contributed by atoms with Gasteiger partial charge in [-0.05, 0) is 5.56 Å². The van der Waals surface area contributed by atoms with Gasteiger partial charge < -0.3 is 5.11 Å². The number of carboxylic acids is 1. The molecule has 0 fully saturated rings. The van der Waals surface area contributed by atoms with E-state index >= 15 is 0 Å². The molecular formula is C12H13FO2. The van der Waals surface area contributed by atoms with Crippen molar-refractivity contribution in [3.05, 3.63) is 42.0 Å². The minimum absolute atomic E-state index is 0.622. The lowest BCUT2D eigenvalue weighted by molar-refractivity contribution is -0.143. The highest BCUT2D eigenvalue weighted by Gasteiger charge is 2.21. The molecule has 0 saturated heterocycles. The molecule has 1 aromatic rings. The van der Waals surface area contributed by atoms with E-state index in [-0.39, 0.29) is 0 Å². The van der Waals surface area contributed by atoms with E-state index in [1.165, 1.54) is 6.92 Å². The predicted molar refractivity (Wildman–Crippen MR) is 57.2 cm³/mol. The zero-order chi connectivity index (χ0) is 11.3. The van der Waals surface area contributed by atoms with E-state index in [2.05, 4.69) is 0 Å². The van der Waals surface area contributed by atoms with Crippen LogP contribution in [0.25, 0.3) is 6.08 Å². The van der Waals surface area contributed by atoms with Crippen LogP contribution >= 0.6 is 0 Å². The third-order valence-electron chi connectivity index (χ3n) is 2.09. The Bertz CT molecular complexity index is 346. The first-order valence-corrected chi connectivity index (χ1v) is 4.71. The fourth-order valence-corrected chi connectivity index (χ4v) is 1.15. The smallest absolute Gasteiger partial charge is 0.338 e. The number of alkyl halides is 1. The van der Waals surface area contributed by atoms with Crippen molar-refractivity contribution in [2.45, 2.75) is 13.1 Å². The maximum atomic E-state index is 13.0. The van der Waals surface area contributed by atoms with E-state index in [0.717, 1.165) is 5.56 Å². The summed E-state index contributed by atoms with van der Waals surface area (Å²) in [6.07, 6.45) is 1.44. The van der Waals surface area contributed by atoms with E-state index < -0.39 is 18.1 Å². The molecule has 0 heterocycles. The number of halogens is 1. The molecule has 0 amide bonds. The number of rotatable bonds is 4. The van der Waals surface area contributed by atoms with Crippen LogP contribution in [0.1, 0.15) is 12.5 Å². The highest BCUT2D eigenvalue weighted by Crippen LogP contribution is 2.12. The number of carbonyl (C=O) groups is 1. The average molecular weight is 208 g/mol. The van der Waals surface area contributed by atoms with Gasteiger partial charge >= 0.3 is 5.97 Å². The van der Waals surface area contributed by atoms with Gasteiger partial charge in [0.2, 0.25) is 6.17 Å². The lowest BCUT2D eigenvalue weighted by Crippen LogP contribution is -2.21. The molecule has 0 aliphatic carbocycles. The van der Waals surface area contributed by atoms with E-state index in [9.17, 15) is 9.18 Å². The van der Waals surface area contributed by atoms with Crippen LogP contribution in [0.3, 0.4) is 0 Å². The largest absolute Gasteiger partial charge is 0.479 e. The van der Waals surface area contributed by atoms with E-state index in [1.807, 2.05) is 30.3 Å². The van der Waals surface area contributed by atoms with Crippen molar-refractivity contribution in [2.24, 2.45) is 5.92 Å². The molecule has 3 heteroatoms. The first-order valence-electron chi connectivity index (χ1n) is 4.71. The van der Waals surface area contributed by atoms with Crippen LogP contribution in [0.4, 0.5) is 4.39 Å². The fraction of sp³-hybridized carbons (Fsp3) is 0.250. The van der Waals surface area contributed by atoms with Gasteiger partial charge in [-0.3, -0.25) is 0 Å². The second-order valence-electron chi connectivity index (χ2n) is 3.37. The van der Waals surface area contributed by atoms with Crippen LogP contribution in [0.5, 0.6) is 0 Å². The molecule has 1 N–H and O–H groups in total. The monoisotopic (exact) mass is 208 g/mol. The Morgan fingerprint density at radius 2 is 2.00 bits per heavy atom. The highest BCUT2D eigenvalue weighted by atomic mass is 19.1. The number of carboxylic acid groups (broad SMARTS) is 1. The molecule has 0 unspecified atom stereocenters. The lowest BCUT2D eigenvalue weighted by atomic mass is 10.0. The predicted octanol–water partition coefficient (Wildman–Crippen LogP) is 2.76. The van der Waals surface area contributed by atoms with Gasteiger partial charge in [-0.2, -0.15) is 0 Å². The van der Waals surface area contributed by atoms with Crippen molar-refractivity contribution < 1.29 is 14.3 Å². The Morgan fingerprint density at radius 1 is 1.40 bits per heavy atom. The average Bonchev–Trinajstić information content (AvgIpc) is 2.26. The summed E-state index contributed by atoms with van der Waals surface area (Å²) in [5, 5.41) is 8.44. The van der Waals surface area contributed by atoms with Crippen LogP contribution in [-0.4, -0.2) is 17.2 Å². The van der Waals surface area contributed by atoms with Crippen molar-refractivity contribution >= 4 is 12.0 Å². The van der Waals surface area contributed by atoms with Crippen molar-refractivity contribution in [1.29, 1.82) is 0 Å². The van der Waals surface area contributed by atoms with Crippen LogP contribution < -0.4 is 0 Å². The highest BCUT2D eigenvalue weighted by molar-refractivity contribution is 5.73. The fourth-order valence-electron chi connectivity index (χ4n) is 1.15. The summed E-state index contributed by atoms with van der Waals surface area (Å²) in [4.78, 5) is 10.3. The summed E-state index contributed by atoms with van der Waals surface area (Å²) in [5.74, 6) is -2.04. The normalized spacial score (nSPS) is 15.1. The molecule has 0 aromatic heterocycles. The number of aliphatic carboxylic acids is 1. The molecular weight excluding hydrogens is 195 g/mol. The number of hydrogen-bond acceptors (Lipinski definition) is 1. The molecule has 0 saturated carbocycles. The third kappa shape index (κ3) is 3.54. The summed E-state index contributed by atoms with van der Waals surface area (Å²) < 4.78 is 13.0. The Hall–Kier alpha value is -1.64. The van der Waals surface area contributed by atoms with Gasteiger partial charge in [-0.15, -0.1) is 0 Å². The van der Waals surface area contributed by atoms with Crippen LogP contribution in [0.15, 0.2) is 36.4 Å². The van der Waals surface area contributed by atoms with Gasteiger partial charge in [0.15, 0.2) is 0 Å². The molecule has 0 aliphatic heterocycles. The van der Waals surface area contributed by atoms with Crippen molar-refractivity contribution in [3.63, 3.8) is 0 Å². The van der Waals surface area contributed by atoms with Crippen LogP contribution in [-0.2, 0) is 4.79 Å². The quantitative estimate of drug-likeness (QED) is 0.826. The van der Waals surface area contributed by atoms with Crippen LogP contribution in [0, 0.1) is 5.92 Å². The van der Waals surface area contributed by atoms with Gasteiger partial charge in [0, 0.05) is 5.92 Å². The van der Waals surface area contributed by atoms with E-state index in [1.54, 1.807) is 12.2 Å². The van der Waals surface area contributed by atoms with Gasteiger partial charge in [0.1, 0.15) is 0 Å². The Kier molecular flexibility index (Phi) is 4.03. The van der Waals surface area contributed by atoms with Gasteiger partial charge in [0.25, 0.3) is 0 Å². The first-order chi connectivity index (χ1) is 7.11. The summed E-state index contributed by atoms with van der Waals surface area (Å²) in [6.45, 7) is 1.54. The Labute approximate surface area is 88.1 Å². The number of hydrogen-bond donors (Lipinski definition) is 1. The zero-order valence-electron chi connectivity index (χ0n) is 8.43. The lowest BCUT2D eigenvalue weighted by Gasteiger charge is -2.07. The molecule has 80 valence electrons. The maximum Gasteiger partial charge on any atom is 0.338 e. The standard InChI is InChI=1S/C12H13FO2/c1-9(11(13)12(14)15)7-8-10-5-3-2-4-6-10/h2-9,11H,1H3,(H,14,15)/b8-7+/t9-,11-/m0/s1. The van der Waals surface area contributed by atoms with Crippen molar-refractivity contribution in [1.82, 2.24) is 0 Å². The van der Waals surface area contributed by atoms with Crippen LogP contribution in [0.2, 0.25) is 0 Å². The maximum absolute atomic E-state index is 13.0. The molecule has 2 nitrogen and oxygen atoms in total.